The number of hydrogen-bond acceptors (Lipinski definition) is 3. The zero-order valence-electron chi connectivity index (χ0n) is 18.6. The first-order valence-electron chi connectivity index (χ1n) is 10.2. The molecule has 0 spiro atoms. The van der Waals surface area contributed by atoms with Crippen LogP contribution in [0.15, 0.2) is 18.2 Å². The Hall–Kier alpha value is -1.68. The second kappa shape index (κ2) is 12.7. The molecule has 0 saturated carbocycles. The molecule has 1 aromatic rings. The van der Waals surface area contributed by atoms with Crippen LogP contribution in [0.4, 0.5) is 5.69 Å². The van der Waals surface area contributed by atoms with Crippen LogP contribution in [-0.2, 0) is 14.9 Å². The largest absolute Gasteiger partial charge is 0.384 e. The molecule has 0 radical (unpaired) electrons. The molecule has 0 fully saturated rings. The monoisotopic (exact) mass is 377 g/mol. The number of rotatable bonds is 10. The lowest BCUT2D eigenvalue weighted by Crippen LogP contribution is -2.22. The molecule has 0 aliphatic rings. The fourth-order valence-corrected chi connectivity index (χ4v) is 3.21. The molecule has 1 aromatic carbocycles. The number of anilines is 1. The summed E-state index contributed by atoms with van der Waals surface area (Å²) < 4.78 is 5.20. The number of methoxy groups -OCH3 is 1. The van der Waals surface area contributed by atoms with E-state index in [0.717, 1.165) is 42.7 Å². The predicted molar refractivity (Wildman–Crippen MR) is 115 cm³/mol. The van der Waals surface area contributed by atoms with Crippen molar-refractivity contribution < 1.29 is 14.3 Å². The Balaban J connectivity index is 0.00000326. The molecule has 1 atom stereocenters. The summed E-state index contributed by atoms with van der Waals surface area (Å²) in [6, 6.07) is 5.62. The molecule has 0 saturated heterocycles. The smallest absolute Gasteiger partial charge is 0.221 e. The topological polar surface area (TPSA) is 55.4 Å². The van der Waals surface area contributed by atoms with Crippen molar-refractivity contribution in [2.24, 2.45) is 5.92 Å². The number of hydrogen-bond donors (Lipinski definition) is 1. The molecular weight excluding hydrogens is 338 g/mol. The number of carbonyl (C=O) groups is 2. The molecule has 27 heavy (non-hydrogen) atoms. The Morgan fingerprint density at radius 2 is 1.85 bits per heavy atom. The average Bonchev–Trinajstić information content (AvgIpc) is 2.62. The van der Waals surface area contributed by atoms with Gasteiger partial charge in [0.05, 0.1) is 0 Å². The highest BCUT2D eigenvalue weighted by atomic mass is 16.5. The maximum Gasteiger partial charge on any atom is 0.221 e. The Morgan fingerprint density at radius 1 is 1.22 bits per heavy atom. The SMILES string of the molecule is CC.CCC(=O)c1ccc(NC(C)=O)cc1C(C)(C)CCC[C@@H](C)COC. The van der Waals surface area contributed by atoms with Crippen LogP contribution in [0.3, 0.4) is 0 Å². The highest BCUT2D eigenvalue weighted by Crippen LogP contribution is 2.34. The van der Waals surface area contributed by atoms with Crippen LogP contribution in [-0.4, -0.2) is 25.4 Å². The van der Waals surface area contributed by atoms with Gasteiger partial charge in [-0.2, -0.15) is 0 Å². The van der Waals surface area contributed by atoms with Gasteiger partial charge in [0.1, 0.15) is 0 Å². The van der Waals surface area contributed by atoms with E-state index in [2.05, 4.69) is 26.1 Å². The fraction of sp³-hybridized carbons (Fsp3) is 0.652. The zero-order valence-corrected chi connectivity index (χ0v) is 18.6. The van der Waals surface area contributed by atoms with E-state index in [1.165, 1.54) is 6.92 Å². The number of ketones is 1. The molecule has 0 aliphatic heterocycles. The molecule has 0 bridgehead atoms. The van der Waals surface area contributed by atoms with Crippen molar-refractivity contribution in [3.8, 4) is 0 Å². The first kappa shape index (κ1) is 25.3. The van der Waals surface area contributed by atoms with Crippen LogP contribution in [0.5, 0.6) is 0 Å². The maximum absolute atomic E-state index is 12.4. The average molecular weight is 378 g/mol. The van der Waals surface area contributed by atoms with Crippen molar-refractivity contribution in [3.63, 3.8) is 0 Å². The highest BCUT2D eigenvalue weighted by molar-refractivity contribution is 5.98. The van der Waals surface area contributed by atoms with Gasteiger partial charge in [0.25, 0.3) is 0 Å². The van der Waals surface area contributed by atoms with Gasteiger partial charge in [0.2, 0.25) is 5.91 Å². The summed E-state index contributed by atoms with van der Waals surface area (Å²) in [7, 11) is 1.73. The van der Waals surface area contributed by atoms with Crippen LogP contribution in [0.1, 0.15) is 90.1 Å². The van der Waals surface area contributed by atoms with Crippen molar-refractivity contribution in [2.75, 3.05) is 19.0 Å². The molecule has 4 heteroatoms. The third-order valence-electron chi connectivity index (χ3n) is 4.64. The molecule has 154 valence electrons. The standard InChI is InChI=1S/C21H33NO3.C2H6/c1-7-20(24)18-11-10-17(22-16(3)23)13-19(18)21(4,5)12-8-9-15(2)14-25-6;1-2/h10-11,13,15H,7-9,12,14H2,1-6H3,(H,22,23);1-2H3/t15-;/m1./s1. The lowest BCUT2D eigenvalue weighted by molar-refractivity contribution is -0.114. The number of ether oxygens (including phenoxy) is 1. The Labute approximate surface area is 166 Å². The van der Waals surface area contributed by atoms with Crippen LogP contribution < -0.4 is 5.32 Å². The van der Waals surface area contributed by atoms with Gasteiger partial charge >= 0.3 is 0 Å². The molecule has 4 nitrogen and oxygen atoms in total. The summed E-state index contributed by atoms with van der Waals surface area (Å²) in [4.78, 5) is 23.7. The second-order valence-electron chi connectivity index (χ2n) is 7.55. The van der Waals surface area contributed by atoms with E-state index in [9.17, 15) is 9.59 Å². The molecule has 1 N–H and O–H groups in total. The van der Waals surface area contributed by atoms with E-state index < -0.39 is 0 Å². The quantitative estimate of drug-likeness (QED) is 0.509. The van der Waals surface area contributed by atoms with Gasteiger partial charge in [-0.15, -0.1) is 0 Å². The Morgan fingerprint density at radius 3 is 2.37 bits per heavy atom. The summed E-state index contributed by atoms with van der Waals surface area (Å²) in [5.41, 5.74) is 2.40. The predicted octanol–water partition coefficient (Wildman–Crippen LogP) is 5.99. The van der Waals surface area contributed by atoms with Crippen molar-refractivity contribution in [3.05, 3.63) is 29.3 Å². The summed E-state index contributed by atoms with van der Waals surface area (Å²) in [5.74, 6) is 0.570. The van der Waals surface area contributed by atoms with Crippen molar-refractivity contribution >= 4 is 17.4 Å². The van der Waals surface area contributed by atoms with E-state index in [4.69, 9.17) is 4.74 Å². The fourth-order valence-electron chi connectivity index (χ4n) is 3.21. The third-order valence-corrected chi connectivity index (χ3v) is 4.64. The lowest BCUT2D eigenvalue weighted by atomic mass is 9.76. The van der Waals surface area contributed by atoms with Crippen LogP contribution in [0, 0.1) is 5.92 Å². The Bertz CT molecular complexity index is 593. The van der Waals surface area contributed by atoms with Crippen LogP contribution in [0.2, 0.25) is 0 Å². The molecule has 1 amide bonds. The van der Waals surface area contributed by atoms with Crippen molar-refractivity contribution in [1.82, 2.24) is 0 Å². The van der Waals surface area contributed by atoms with E-state index in [1.54, 1.807) is 7.11 Å². The summed E-state index contributed by atoms with van der Waals surface area (Å²) >= 11 is 0. The van der Waals surface area contributed by atoms with Gasteiger partial charge in [-0.05, 0) is 47.9 Å². The number of Topliss-reactive ketones (excluding diaryl/α,β-unsaturated/α-hetero) is 1. The van der Waals surface area contributed by atoms with Gasteiger partial charge in [-0.25, -0.2) is 0 Å². The van der Waals surface area contributed by atoms with Crippen LogP contribution >= 0.6 is 0 Å². The number of benzene rings is 1. The molecular formula is C23H39NO3. The molecule has 0 aromatic heterocycles. The highest BCUT2D eigenvalue weighted by Gasteiger charge is 2.26. The van der Waals surface area contributed by atoms with Gasteiger partial charge in [0, 0.05) is 38.3 Å². The Kier molecular flexibility index (Phi) is 11.9. The van der Waals surface area contributed by atoms with E-state index >= 15 is 0 Å². The van der Waals surface area contributed by atoms with Crippen molar-refractivity contribution in [1.29, 1.82) is 0 Å². The molecule has 0 unspecified atom stereocenters. The first-order valence-corrected chi connectivity index (χ1v) is 10.2. The summed E-state index contributed by atoms with van der Waals surface area (Å²) in [5, 5.41) is 2.83. The maximum atomic E-state index is 12.4. The van der Waals surface area contributed by atoms with Gasteiger partial charge in [-0.1, -0.05) is 48.0 Å². The third kappa shape index (κ3) is 8.70. The van der Waals surface area contributed by atoms with Crippen molar-refractivity contribution in [2.45, 2.75) is 79.6 Å². The lowest BCUT2D eigenvalue weighted by Gasteiger charge is -2.29. The van der Waals surface area contributed by atoms with Gasteiger partial charge in [-0.3, -0.25) is 9.59 Å². The molecule has 0 aliphatic carbocycles. The number of nitrogens with one attached hydrogen (secondary N) is 1. The zero-order chi connectivity index (χ0) is 21.0. The molecule has 0 heterocycles. The summed E-state index contributed by atoms with van der Waals surface area (Å²) in [6.07, 6.45) is 3.63. The molecule has 1 rings (SSSR count). The normalized spacial score (nSPS) is 12.0. The van der Waals surface area contributed by atoms with Gasteiger partial charge < -0.3 is 10.1 Å². The van der Waals surface area contributed by atoms with Crippen LogP contribution in [0.25, 0.3) is 0 Å². The second-order valence-corrected chi connectivity index (χ2v) is 7.55. The minimum atomic E-state index is -0.137. The minimum Gasteiger partial charge on any atom is -0.384 e. The van der Waals surface area contributed by atoms with E-state index in [-0.39, 0.29) is 17.1 Å². The van der Waals surface area contributed by atoms with E-state index in [1.807, 2.05) is 39.0 Å². The van der Waals surface area contributed by atoms with Gasteiger partial charge in [0.15, 0.2) is 5.78 Å². The first-order chi connectivity index (χ1) is 12.7. The number of carbonyl (C=O) groups excluding carboxylic acids is 2. The summed E-state index contributed by atoms with van der Waals surface area (Å²) in [6.45, 7) is 14.7. The van der Waals surface area contributed by atoms with E-state index in [0.29, 0.717) is 12.3 Å². The number of amides is 1. The minimum absolute atomic E-state index is 0.105.